The van der Waals surface area contributed by atoms with Gasteiger partial charge in [0.1, 0.15) is 5.76 Å². The number of nitrogens with one attached hydrogen (secondary N) is 1. The van der Waals surface area contributed by atoms with Crippen LogP contribution in [0.4, 0.5) is 0 Å². The second-order valence-corrected chi connectivity index (χ2v) is 6.29. The summed E-state index contributed by atoms with van der Waals surface area (Å²) in [6, 6.07) is 3.35. The van der Waals surface area contributed by atoms with Crippen molar-refractivity contribution in [3.63, 3.8) is 0 Å². The van der Waals surface area contributed by atoms with Crippen molar-refractivity contribution in [2.45, 2.75) is 36.9 Å². The Bertz CT molecular complexity index is 477. The molecule has 96 valence electrons. The molecule has 1 fully saturated rings. The van der Waals surface area contributed by atoms with Crippen LogP contribution in [0.2, 0.25) is 0 Å². The molecule has 2 rings (SSSR count). The Morgan fingerprint density at radius 1 is 1.47 bits per heavy atom. The van der Waals surface area contributed by atoms with Crippen molar-refractivity contribution in [3.8, 4) is 0 Å². The van der Waals surface area contributed by atoms with Crippen LogP contribution in [-0.2, 0) is 16.6 Å². The molecule has 0 unspecified atom stereocenters. The predicted octanol–water partition coefficient (Wildman–Crippen LogP) is 1.17. The van der Waals surface area contributed by atoms with Crippen LogP contribution in [0.5, 0.6) is 0 Å². The largest absolute Gasteiger partial charge is 0.447 e. The molecule has 0 bridgehead atoms. The van der Waals surface area contributed by atoms with Crippen molar-refractivity contribution in [2.75, 3.05) is 14.1 Å². The van der Waals surface area contributed by atoms with E-state index in [4.69, 9.17) is 4.42 Å². The van der Waals surface area contributed by atoms with Crippen LogP contribution in [-0.4, -0.2) is 32.9 Å². The van der Waals surface area contributed by atoms with Crippen molar-refractivity contribution < 1.29 is 12.8 Å². The summed E-state index contributed by atoms with van der Waals surface area (Å²) in [4.78, 5) is 0. The quantitative estimate of drug-likeness (QED) is 0.861. The topological polar surface area (TPSA) is 62.6 Å². The predicted molar refractivity (Wildman–Crippen MR) is 64.1 cm³/mol. The fourth-order valence-electron chi connectivity index (χ4n) is 1.85. The normalized spacial score (nSPS) is 17.4. The first kappa shape index (κ1) is 12.6. The molecular formula is C11H18N2O3S. The number of furan rings is 1. The summed E-state index contributed by atoms with van der Waals surface area (Å²) in [7, 11) is -0.0444. The molecule has 0 atom stereocenters. The highest BCUT2D eigenvalue weighted by Crippen LogP contribution is 2.29. The van der Waals surface area contributed by atoms with Crippen LogP contribution in [0, 0.1) is 0 Å². The first-order chi connectivity index (χ1) is 8.05. The summed E-state index contributed by atoms with van der Waals surface area (Å²) in [6.07, 6.45) is 2.99. The van der Waals surface area contributed by atoms with Gasteiger partial charge in [-0.05, 0) is 32.0 Å². The lowest BCUT2D eigenvalue weighted by atomic mass is 9.94. The third-order valence-electron chi connectivity index (χ3n) is 3.21. The molecule has 0 radical (unpaired) electrons. The second-order valence-electron chi connectivity index (χ2n) is 4.36. The molecule has 1 heterocycles. The van der Waals surface area contributed by atoms with E-state index >= 15 is 0 Å². The zero-order chi connectivity index (χ0) is 12.5. The maximum absolute atomic E-state index is 12.2. The van der Waals surface area contributed by atoms with E-state index in [0.29, 0.717) is 12.3 Å². The van der Waals surface area contributed by atoms with E-state index in [9.17, 15) is 8.42 Å². The number of nitrogens with zero attached hydrogens (tertiary/aromatic N) is 1. The highest BCUT2D eigenvalue weighted by atomic mass is 32.2. The molecule has 0 aromatic carbocycles. The van der Waals surface area contributed by atoms with Gasteiger partial charge in [-0.1, -0.05) is 6.42 Å². The molecule has 6 heteroatoms. The Labute approximate surface area is 102 Å². The van der Waals surface area contributed by atoms with Crippen LogP contribution in [0.1, 0.15) is 25.0 Å². The molecule has 1 aliphatic rings. The summed E-state index contributed by atoms with van der Waals surface area (Å²) < 4.78 is 31.2. The molecule has 1 aromatic heterocycles. The Balaban J connectivity index is 2.18. The molecule has 0 aliphatic heterocycles. The summed E-state index contributed by atoms with van der Waals surface area (Å²) in [5, 5.41) is 2.96. The molecular weight excluding hydrogens is 240 g/mol. The summed E-state index contributed by atoms with van der Waals surface area (Å²) in [6.45, 7) is 0.530. The fraction of sp³-hybridized carbons (Fsp3) is 0.636. The van der Waals surface area contributed by atoms with Gasteiger partial charge in [0.25, 0.3) is 10.0 Å². The maximum Gasteiger partial charge on any atom is 0.276 e. The van der Waals surface area contributed by atoms with Crippen LogP contribution >= 0.6 is 0 Å². The number of sulfonamides is 1. The minimum Gasteiger partial charge on any atom is -0.447 e. The maximum atomic E-state index is 12.2. The highest BCUT2D eigenvalue weighted by molar-refractivity contribution is 7.89. The van der Waals surface area contributed by atoms with Crippen LogP contribution in [0.3, 0.4) is 0 Å². The Hall–Kier alpha value is -0.850. The first-order valence-electron chi connectivity index (χ1n) is 5.77. The summed E-state index contributed by atoms with van der Waals surface area (Å²) in [5.74, 6) is 0.632. The van der Waals surface area contributed by atoms with Crippen LogP contribution in [0.15, 0.2) is 21.6 Å². The Morgan fingerprint density at radius 3 is 2.71 bits per heavy atom. The molecule has 0 saturated heterocycles. The van der Waals surface area contributed by atoms with Gasteiger partial charge < -0.3 is 9.73 Å². The van der Waals surface area contributed by atoms with Gasteiger partial charge in [-0.25, -0.2) is 8.42 Å². The lowest BCUT2D eigenvalue weighted by molar-refractivity contribution is 0.244. The van der Waals surface area contributed by atoms with Gasteiger partial charge >= 0.3 is 0 Å². The van der Waals surface area contributed by atoms with Gasteiger partial charge in [0, 0.05) is 13.1 Å². The van der Waals surface area contributed by atoms with Crippen molar-refractivity contribution in [1.82, 2.24) is 9.62 Å². The van der Waals surface area contributed by atoms with Gasteiger partial charge in [-0.3, -0.25) is 0 Å². The van der Waals surface area contributed by atoms with Gasteiger partial charge in [-0.2, -0.15) is 4.31 Å². The van der Waals surface area contributed by atoms with E-state index in [1.54, 1.807) is 20.2 Å². The Kier molecular flexibility index (Phi) is 3.56. The second kappa shape index (κ2) is 4.80. The number of rotatable bonds is 5. The minimum atomic E-state index is -3.46. The van der Waals surface area contributed by atoms with Gasteiger partial charge in [0.2, 0.25) is 5.09 Å². The lowest BCUT2D eigenvalue weighted by Gasteiger charge is -2.32. The van der Waals surface area contributed by atoms with E-state index in [-0.39, 0.29) is 11.1 Å². The molecule has 1 N–H and O–H groups in total. The first-order valence-corrected chi connectivity index (χ1v) is 7.21. The average Bonchev–Trinajstić information content (AvgIpc) is 2.64. The standard InChI is InChI=1S/C11H18N2O3S/c1-12-8-10-6-7-11(16-10)17(14,15)13(2)9-4-3-5-9/h6-7,9,12H,3-5,8H2,1-2H3. The lowest BCUT2D eigenvalue weighted by Crippen LogP contribution is -2.41. The van der Waals surface area contributed by atoms with E-state index in [1.807, 2.05) is 0 Å². The van der Waals surface area contributed by atoms with E-state index < -0.39 is 10.0 Å². The van der Waals surface area contributed by atoms with Gasteiger partial charge in [0.15, 0.2) is 0 Å². The zero-order valence-electron chi connectivity index (χ0n) is 10.1. The highest BCUT2D eigenvalue weighted by Gasteiger charge is 2.33. The fourth-order valence-corrected chi connectivity index (χ4v) is 3.19. The van der Waals surface area contributed by atoms with Crippen LogP contribution in [0.25, 0.3) is 0 Å². The van der Waals surface area contributed by atoms with E-state index in [2.05, 4.69) is 5.32 Å². The Morgan fingerprint density at radius 2 is 2.18 bits per heavy atom. The van der Waals surface area contributed by atoms with Crippen molar-refractivity contribution >= 4 is 10.0 Å². The zero-order valence-corrected chi connectivity index (χ0v) is 11.0. The number of hydrogen-bond acceptors (Lipinski definition) is 4. The summed E-state index contributed by atoms with van der Waals surface area (Å²) >= 11 is 0. The molecule has 0 spiro atoms. The number of hydrogen-bond donors (Lipinski definition) is 1. The summed E-state index contributed by atoms with van der Waals surface area (Å²) in [5.41, 5.74) is 0. The molecule has 1 saturated carbocycles. The smallest absolute Gasteiger partial charge is 0.276 e. The molecule has 1 aliphatic carbocycles. The van der Waals surface area contributed by atoms with E-state index in [1.165, 1.54) is 10.4 Å². The third kappa shape index (κ3) is 2.38. The minimum absolute atomic E-state index is 0.0390. The van der Waals surface area contributed by atoms with Crippen molar-refractivity contribution in [1.29, 1.82) is 0 Å². The molecule has 5 nitrogen and oxygen atoms in total. The third-order valence-corrected chi connectivity index (χ3v) is 4.99. The van der Waals surface area contributed by atoms with Gasteiger partial charge in [-0.15, -0.1) is 0 Å². The SMILES string of the molecule is CNCc1ccc(S(=O)(=O)N(C)C2CCC2)o1. The molecule has 0 amide bonds. The molecule has 1 aromatic rings. The van der Waals surface area contributed by atoms with Crippen molar-refractivity contribution in [3.05, 3.63) is 17.9 Å². The average molecular weight is 258 g/mol. The monoisotopic (exact) mass is 258 g/mol. The molecule has 17 heavy (non-hydrogen) atoms. The van der Waals surface area contributed by atoms with E-state index in [0.717, 1.165) is 19.3 Å². The van der Waals surface area contributed by atoms with Crippen LogP contribution < -0.4 is 5.32 Å². The van der Waals surface area contributed by atoms with Gasteiger partial charge in [0.05, 0.1) is 6.54 Å². The van der Waals surface area contributed by atoms with Crippen molar-refractivity contribution in [2.24, 2.45) is 0 Å².